The van der Waals surface area contributed by atoms with Gasteiger partial charge in [-0.25, -0.2) is 9.97 Å². The number of rotatable bonds is 6. The normalized spacial score (nSPS) is 11.9. The van der Waals surface area contributed by atoms with Gasteiger partial charge in [0, 0.05) is 17.3 Å². The van der Waals surface area contributed by atoms with Crippen LogP contribution < -0.4 is 5.56 Å². The Kier molecular flexibility index (Phi) is 6.30. The Morgan fingerprint density at radius 2 is 1.75 bits per heavy atom. The summed E-state index contributed by atoms with van der Waals surface area (Å²) in [5.41, 5.74) is 1.18. The Labute approximate surface area is 190 Å². The summed E-state index contributed by atoms with van der Waals surface area (Å²) in [7, 11) is 0. The molecule has 0 aliphatic carbocycles. The van der Waals surface area contributed by atoms with Crippen molar-refractivity contribution in [1.29, 1.82) is 0 Å². The van der Waals surface area contributed by atoms with Crippen molar-refractivity contribution >= 4 is 34.5 Å². The molecule has 0 unspecified atom stereocenters. The van der Waals surface area contributed by atoms with Gasteiger partial charge in [0.25, 0.3) is 5.56 Å². The van der Waals surface area contributed by atoms with Crippen LogP contribution in [0.3, 0.4) is 0 Å². The molecule has 4 rings (SSSR count). The van der Waals surface area contributed by atoms with Crippen molar-refractivity contribution in [3.05, 3.63) is 81.4 Å². The van der Waals surface area contributed by atoms with Crippen molar-refractivity contribution in [2.45, 2.75) is 31.2 Å². The minimum atomic E-state index is -4.36. The highest BCUT2D eigenvalue weighted by Gasteiger charge is 2.29. The molecule has 0 aliphatic heterocycles. The van der Waals surface area contributed by atoms with E-state index in [0.717, 1.165) is 17.7 Å². The van der Waals surface area contributed by atoms with Gasteiger partial charge in [-0.05, 0) is 55.3 Å². The number of thioether (sulfide) groups is 1. The van der Waals surface area contributed by atoms with Crippen molar-refractivity contribution in [1.82, 2.24) is 19.1 Å². The molecule has 4 aromatic rings. The minimum absolute atomic E-state index is 0.272. The van der Waals surface area contributed by atoms with Gasteiger partial charge in [0.2, 0.25) is 0 Å². The first-order valence-electron chi connectivity index (χ1n) is 9.80. The monoisotopic (exact) mass is 478 g/mol. The molecule has 0 bridgehead atoms. The average molecular weight is 479 g/mol. The lowest BCUT2D eigenvalue weighted by Gasteiger charge is -2.13. The molecule has 0 atom stereocenters. The first kappa shape index (κ1) is 22.4. The standard InChI is InChI=1S/C22H18ClF3N4OS/c1-2-29-13-27-18-19(29)28-21(30(20(18)31)17-9-7-16(23)8-10-17)32-12-11-14-3-5-15(6-4-14)22(24,25)26/h3-10,13H,2,11-12H2,1H3. The summed E-state index contributed by atoms with van der Waals surface area (Å²) in [6, 6.07) is 11.9. The lowest BCUT2D eigenvalue weighted by molar-refractivity contribution is -0.137. The van der Waals surface area contributed by atoms with Gasteiger partial charge in [-0.15, -0.1) is 0 Å². The summed E-state index contributed by atoms with van der Waals surface area (Å²) >= 11 is 7.35. The fraction of sp³-hybridized carbons (Fsp3) is 0.227. The first-order valence-corrected chi connectivity index (χ1v) is 11.2. The van der Waals surface area contributed by atoms with Gasteiger partial charge < -0.3 is 4.57 Å². The van der Waals surface area contributed by atoms with E-state index in [2.05, 4.69) is 9.97 Å². The molecule has 2 aromatic carbocycles. The highest BCUT2D eigenvalue weighted by Crippen LogP contribution is 2.29. The second-order valence-electron chi connectivity index (χ2n) is 7.01. The van der Waals surface area contributed by atoms with E-state index < -0.39 is 11.7 Å². The highest BCUT2D eigenvalue weighted by atomic mass is 35.5. The summed E-state index contributed by atoms with van der Waals surface area (Å²) in [4.78, 5) is 22.1. The summed E-state index contributed by atoms with van der Waals surface area (Å²) in [6.07, 6.45) is -2.25. The predicted molar refractivity (Wildman–Crippen MR) is 120 cm³/mol. The van der Waals surface area contributed by atoms with Crippen LogP contribution in [-0.4, -0.2) is 24.9 Å². The Balaban J connectivity index is 1.65. The molecule has 0 radical (unpaired) electrons. The molecule has 10 heteroatoms. The topological polar surface area (TPSA) is 52.7 Å². The van der Waals surface area contributed by atoms with E-state index in [0.29, 0.717) is 40.2 Å². The van der Waals surface area contributed by atoms with Crippen LogP contribution in [0.25, 0.3) is 16.9 Å². The smallest absolute Gasteiger partial charge is 0.315 e. The van der Waals surface area contributed by atoms with Gasteiger partial charge in [0.05, 0.1) is 17.6 Å². The molecule has 2 aromatic heterocycles. The summed E-state index contributed by atoms with van der Waals surface area (Å²) in [5.74, 6) is 0.525. The minimum Gasteiger partial charge on any atom is -0.315 e. The van der Waals surface area contributed by atoms with Gasteiger partial charge in [-0.3, -0.25) is 9.36 Å². The van der Waals surface area contributed by atoms with Gasteiger partial charge in [-0.2, -0.15) is 13.2 Å². The number of hydrogen-bond donors (Lipinski definition) is 0. The molecule has 0 fully saturated rings. The molecule has 2 heterocycles. The Morgan fingerprint density at radius 3 is 2.38 bits per heavy atom. The van der Waals surface area contributed by atoms with Crippen LogP contribution in [-0.2, 0) is 19.1 Å². The zero-order valence-electron chi connectivity index (χ0n) is 16.9. The van der Waals surface area contributed by atoms with Gasteiger partial charge >= 0.3 is 6.18 Å². The molecule has 0 saturated carbocycles. The number of halogens is 4. The second kappa shape index (κ2) is 8.99. The molecule has 32 heavy (non-hydrogen) atoms. The van der Waals surface area contributed by atoms with Crippen LogP contribution in [0.4, 0.5) is 13.2 Å². The summed E-state index contributed by atoms with van der Waals surface area (Å²) in [6.45, 7) is 2.55. The fourth-order valence-electron chi connectivity index (χ4n) is 3.24. The van der Waals surface area contributed by atoms with Gasteiger partial charge in [-0.1, -0.05) is 35.5 Å². The quantitative estimate of drug-likeness (QED) is 0.267. The van der Waals surface area contributed by atoms with Crippen LogP contribution in [0.2, 0.25) is 5.02 Å². The van der Waals surface area contributed by atoms with E-state index in [1.807, 2.05) is 6.92 Å². The molecule has 166 valence electrons. The van der Waals surface area contributed by atoms with Crippen LogP contribution in [0, 0.1) is 0 Å². The molecular weight excluding hydrogens is 461 g/mol. The van der Waals surface area contributed by atoms with E-state index in [1.54, 1.807) is 35.2 Å². The lowest BCUT2D eigenvalue weighted by Crippen LogP contribution is -2.22. The number of aryl methyl sites for hydroxylation is 2. The van der Waals surface area contributed by atoms with Crippen molar-refractivity contribution < 1.29 is 13.2 Å². The average Bonchev–Trinajstić information content (AvgIpc) is 3.18. The molecule has 5 nitrogen and oxygen atoms in total. The largest absolute Gasteiger partial charge is 0.416 e. The molecule has 0 N–H and O–H groups in total. The van der Waals surface area contributed by atoms with E-state index in [9.17, 15) is 18.0 Å². The maximum absolute atomic E-state index is 13.2. The highest BCUT2D eigenvalue weighted by molar-refractivity contribution is 7.99. The van der Waals surface area contributed by atoms with Crippen molar-refractivity contribution in [2.24, 2.45) is 0 Å². The Hall–Kier alpha value is -2.78. The molecular formula is C22H18ClF3N4OS. The van der Waals surface area contributed by atoms with Crippen LogP contribution in [0.5, 0.6) is 0 Å². The number of hydrogen-bond acceptors (Lipinski definition) is 4. The predicted octanol–water partition coefficient (Wildman–Crippen LogP) is 5.61. The van der Waals surface area contributed by atoms with E-state index >= 15 is 0 Å². The SMILES string of the molecule is CCn1cnc2c(=O)n(-c3ccc(Cl)cc3)c(SCCc3ccc(C(F)(F)F)cc3)nc21. The number of nitrogens with zero attached hydrogens (tertiary/aromatic N) is 4. The van der Waals surface area contributed by atoms with E-state index in [1.165, 1.54) is 28.5 Å². The summed E-state index contributed by atoms with van der Waals surface area (Å²) in [5, 5.41) is 1.02. The summed E-state index contributed by atoms with van der Waals surface area (Å²) < 4.78 is 41.6. The first-order chi connectivity index (χ1) is 15.3. The maximum atomic E-state index is 13.2. The lowest BCUT2D eigenvalue weighted by atomic mass is 10.1. The maximum Gasteiger partial charge on any atom is 0.416 e. The van der Waals surface area contributed by atoms with Crippen molar-refractivity contribution in [3.8, 4) is 5.69 Å². The van der Waals surface area contributed by atoms with Gasteiger partial charge in [0.15, 0.2) is 16.3 Å². The number of fused-ring (bicyclic) bond motifs is 1. The molecule has 0 aliphatic rings. The number of imidazole rings is 1. The Morgan fingerprint density at radius 1 is 1.06 bits per heavy atom. The van der Waals surface area contributed by atoms with E-state index in [4.69, 9.17) is 11.6 Å². The number of benzene rings is 2. The molecule has 0 saturated heterocycles. The van der Waals surface area contributed by atoms with Crippen LogP contribution in [0.1, 0.15) is 18.1 Å². The molecule has 0 amide bonds. The third kappa shape index (κ3) is 4.54. The van der Waals surface area contributed by atoms with Crippen LogP contribution in [0.15, 0.2) is 64.8 Å². The van der Waals surface area contributed by atoms with Crippen molar-refractivity contribution in [3.63, 3.8) is 0 Å². The fourth-order valence-corrected chi connectivity index (χ4v) is 4.36. The van der Waals surface area contributed by atoms with E-state index in [-0.39, 0.29) is 11.1 Å². The second-order valence-corrected chi connectivity index (χ2v) is 8.51. The Bertz CT molecular complexity index is 1300. The third-order valence-electron chi connectivity index (χ3n) is 4.94. The zero-order chi connectivity index (χ0) is 22.9. The zero-order valence-corrected chi connectivity index (χ0v) is 18.5. The third-order valence-corrected chi connectivity index (χ3v) is 6.13. The number of alkyl halides is 3. The molecule has 0 spiro atoms. The van der Waals surface area contributed by atoms with Crippen LogP contribution >= 0.6 is 23.4 Å². The van der Waals surface area contributed by atoms with Gasteiger partial charge in [0.1, 0.15) is 0 Å². The number of aromatic nitrogens is 4. The van der Waals surface area contributed by atoms with Crippen molar-refractivity contribution in [2.75, 3.05) is 5.75 Å².